The summed E-state index contributed by atoms with van der Waals surface area (Å²) in [5.74, 6) is 0.624. The molecule has 1 saturated carbocycles. The molecule has 1 fully saturated rings. The molecule has 1 N–H and O–H groups in total. The molecule has 0 aliphatic heterocycles. The van der Waals surface area contributed by atoms with E-state index >= 15 is 0 Å². The lowest BCUT2D eigenvalue weighted by atomic mass is 9.93. The third-order valence-corrected chi connectivity index (χ3v) is 3.86. The lowest BCUT2D eigenvalue weighted by Crippen LogP contribution is -2.49. The minimum Gasteiger partial charge on any atom is -0.383 e. The molecule has 0 aromatic carbocycles. The summed E-state index contributed by atoms with van der Waals surface area (Å²) in [5.41, 5.74) is -0.414. The van der Waals surface area contributed by atoms with Gasteiger partial charge in [0.1, 0.15) is 5.54 Å². The van der Waals surface area contributed by atoms with Crippen molar-refractivity contribution in [3.63, 3.8) is 0 Å². The first-order valence-corrected chi connectivity index (χ1v) is 7.82. The molecular weight excluding hydrogens is 250 g/mol. The fourth-order valence-corrected chi connectivity index (χ4v) is 2.70. The van der Waals surface area contributed by atoms with Crippen molar-refractivity contribution >= 4 is 0 Å². The fraction of sp³-hybridized carbons (Fsp3) is 0.938. The van der Waals surface area contributed by atoms with Gasteiger partial charge >= 0.3 is 0 Å². The van der Waals surface area contributed by atoms with Crippen LogP contribution in [0, 0.1) is 17.2 Å². The van der Waals surface area contributed by atoms with Crippen LogP contribution in [0.5, 0.6) is 0 Å². The molecule has 4 nitrogen and oxygen atoms in total. The molecule has 0 aromatic heterocycles. The average Bonchev–Trinajstić information content (AvgIpc) is 3.17. The van der Waals surface area contributed by atoms with Gasteiger partial charge in [-0.2, -0.15) is 5.26 Å². The smallest absolute Gasteiger partial charge is 0.105 e. The predicted octanol–water partition coefficient (Wildman–Crippen LogP) is 2.40. The standard InChI is InChI=1S/C16H31N3O/c1-13(2)11-19(8-9-20-5)14(3)10-16(4,12-17)18-15-6-7-15/h13-15,18H,6-11H2,1-5H3. The maximum atomic E-state index is 9.49. The molecule has 0 spiro atoms. The minimum atomic E-state index is -0.414. The van der Waals surface area contributed by atoms with E-state index in [-0.39, 0.29) is 0 Å². The summed E-state index contributed by atoms with van der Waals surface area (Å²) in [4.78, 5) is 2.44. The van der Waals surface area contributed by atoms with Gasteiger partial charge in [-0.15, -0.1) is 0 Å². The Balaban J connectivity index is 2.57. The van der Waals surface area contributed by atoms with Crippen LogP contribution in [0.1, 0.15) is 47.0 Å². The summed E-state index contributed by atoms with van der Waals surface area (Å²) >= 11 is 0. The van der Waals surface area contributed by atoms with Gasteiger partial charge in [0.15, 0.2) is 0 Å². The molecular formula is C16H31N3O. The lowest BCUT2D eigenvalue weighted by Gasteiger charge is -2.35. The van der Waals surface area contributed by atoms with E-state index in [9.17, 15) is 5.26 Å². The van der Waals surface area contributed by atoms with E-state index in [1.54, 1.807) is 7.11 Å². The number of nitrogens with one attached hydrogen (secondary N) is 1. The second kappa shape index (κ2) is 7.97. The van der Waals surface area contributed by atoms with Crippen LogP contribution in [0.25, 0.3) is 0 Å². The quantitative estimate of drug-likeness (QED) is 0.668. The van der Waals surface area contributed by atoms with E-state index in [1.807, 2.05) is 6.92 Å². The first-order valence-electron chi connectivity index (χ1n) is 7.82. The molecule has 1 aliphatic rings. The van der Waals surface area contributed by atoms with E-state index in [0.29, 0.717) is 18.0 Å². The third kappa shape index (κ3) is 6.21. The Labute approximate surface area is 124 Å². The van der Waals surface area contributed by atoms with E-state index in [0.717, 1.165) is 26.1 Å². The highest BCUT2D eigenvalue weighted by Gasteiger charge is 2.34. The Bertz CT molecular complexity index is 322. The molecule has 20 heavy (non-hydrogen) atoms. The van der Waals surface area contributed by atoms with E-state index < -0.39 is 5.54 Å². The van der Waals surface area contributed by atoms with Crippen LogP contribution in [0.4, 0.5) is 0 Å². The van der Waals surface area contributed by atoms with Gasteiger partial charge in [-0.25, -0.2) is 0 Å². The molecule has 116 valence electrons. The third-order valence-electron chi connectivity index (χ3n) is 3.86. The van der Waals surface area contributed by atoms with Crippen molar-refractivity contribution in [3.8, 4) is 6.07 Å². The molecule has 2 atom stereocenters. The van der Waals surface area contributed by atoms with Gasteiger partial charge in [0.25, 0.3) is 0 Å². The summed E-state index contributed by atoms with van der Waals surface area (Å²) in [6.07, 6.45) is 3.28. The maximum absolute atomic E-state index is 9.49. The van der Waals surface area contributed by atoms with Crippen molar-refractivity contribution in [3.05, 3.63) is 0 Å². The first-order chi connectivity index (χ1) is 9.40. The zero-order chi connectivity index (χ0) is 15.2. The molecule has 0 aromatic rings. The van der Waals surface area contributed by atoms with Crippen molar-refractivity contribution in [2.24, 2.45) is 5.92 Å². The normalized spacial score (nSPS) is 19.9. The molecule has 0 amide bonds. The van der Waals surface area contributed by atoms with Crippen LogP contribution in [-0.2, 0) is 4.74 Å². The molecule has 0 bridgehead atoms. The topological polar surface area (TPSA) is 48.3 Å². The molecule has 0 heterocycles. The summed E-state index contributed by atoms with van der Waals surface area (Å²) in [6.45, 7) is 11.5. The van der Waals surface area contributed by atoms with Crippen LogP contribution in [0.2, 0.25) is 0 Å². The largest absolute Gasteiger partial charge is 0.383 e. The Morgan fingerprint density at radius 2 is 2.05 bits per heavy atom. The van der Waals surface area contributed by atoms with Gasteiger partial charge in [0.2, 0.25) is 0 Å². The minimum absolute atomic E-state index is 0.378. The number of hydrogen-bond acceptors (Lipinski definition) is 4. The van der Waals surface area contributed by atoms with Crippen LogP contribution >= 0.6 is 0 Å². The Kier molecular flexibility index (Phi) is 6.94. The number of methoxy groups -OCH3 is 1. The lowest BCUT2D eigenvalue weighted by molar-refractivity contribution is 0.104. The molecule has 2 unspecified atom stereocenters. The zero-order valence-electron chi connectivity index (χ0n) is 13.8. The fourth-order valence-electron chi connectivity index (χ4n) is 2.70. The summed E-state index contributed by atoms with van der Waals surface area (Å²) in [6, 6.07) is 3.41. The van der Waals surface area contributed by atoms with Gasteiger partial charge in [-0.05, 0) is 39.0 Å². The van der Waals surface area contributed by atoms with Crippen LogP contribution in [-0.4, -0.2) is 49.3 Å². The van der Waals surface area contributed by atoms with Gasteiger partial charge < -0.3 is 4.74 Å². The van der Waals surface area contributed by atoms with Gasteiger partial charge in [-0.1, -0.05) is 13.8 Å². The summed E-state index contributed by atoms with van der Waals surface area (Å²) in [7, 11) is 1.74. The second-order valence-electron chi connectivity index (χ2n) is 6.80. The highest BCUT2D eigenvalue weighted by molar-refractivity contribution is 5.08. The van der Waals surface area contributed by atoms with Crippen molar-refractivity contribution in [2.75, 3.05) is 26.8 Å². The molecule has 4 heteroatoms. The van der Waals surface area contributed by atoms with E-state index in [1.165, 1.54) is 12.8 Å². The number of rotatable bonds is 10. The van der Waals surface area contributed by atoms with Crippen molar-refractivity contribution in [1.82, 2.24) is 10.2 Å². The Morgan fingerprint density at radius 1 is 1.40 bits per heavy atom. The molecule has 1 aliphatic carbocycles. The van der Waals surface area contributed by atoms with Crippen molar-refractivity contribution < 1.29 is 4.74 Å². The molecule has 0 radical (unpaired) electrons. The van der Waals surface area contributed by atoms with Gasteiger partial charge in [-0.3, -0.25) is 10.2 Å². The van der Waals surface area contributed by atoms with Crippen LogP contribution in [0.3, 0.4) is 0 Å². The summed E-state index contributed by atoms with van der Waals surface area (Å²) in [5, 5.41) is 13.0. The Morgan fingerprint density at radius 3 is 2.50 bits per heavy atom. The second-order valence-corrected chi connectivity index (χ2v) is 6.80. The molecule has 1 rings (SSSR count). The number of nitriles is 1. The highest BCUT2D eigenvalue weighted by atomic mass is 16.5. The zero-order valence-corrected chi connectivity index (χ0v) is 13.8. The average molecular weight is 281 g/mol. The van der Waals surface area contributed by atoms with Crippen LogP contribution in [0.15, 0.2) is 0 Å². The van der Waals surface area contributed by atoms with Crippen molar-refractivity contribution in [1.29, 1.82) is 5.26 Å². The predicted molar refractivity (Wildman–Crippen MR) is 82.5 cm³/mol. The van der Waals surface area contributed by atoms with E-state index in [2.05, 4.69) is 37.1 Å². The Hall–Kier alpha value is -0.630. The van der Waals surface area contributed by atoms with Crippen LogP contribution < -0.4 is 5.32 Å². The van der Waals surface area contributed by atoms with Gasteiger partial charge in [0, 0.05) is 32.3 Å². The number of nitrogens with zero attached hydrogens (tertiary/aromatic N) is 2. The first kappa shape index (κ1) is 17.4. The van der Waals surface area contributed by atoms with Gasteiger partial charge in [0.05, 0.1) is 12.7 Å². The maximum Gasteiger partial charge on any atom is 0.105 e. The highest BCUT2D eigenvalue weighted by Crippen LogP contribution is 2.25. The van der Waals surface area contributed by atoms with Crippen molar-refractivity contribution in [2.45, 2.75) is 64.6 Å². The number of hydrogen-bond donors (Lipinski definition) is 1. The number of ether oxygens (including phenoxy) is 1. The monoisotopic (exact) mass is 281 g/mol. The van der Waals surface area contributed by atoms with E-state index in [4.69, 9.17) is 4.74 Å². The molecule has 0 saturated heterocycles. The SMILES string of the molecule is COCCN(CC(C)C)C(C)CC(C)(C#N)NC1CC1. The summed E-state index contributed by atoms with van der Waals surface area (Å²) < 4.78 is 5.21.